The quantitative estimate of drug-likeness (QED) is 0.404. The molecular formula is C25H20Cl2N2O3. The van der Waals surface area contributed by atoms with Gasteiger partial charge in [0.2, 0.25) is 5.78 Å². The van der Waals surface area contributed by atoms with E-state index in [2.05, 4.69) is 10.2 Å². The number of Topliss-reactive ketones (excluding diaryl/α,β-unsaturated/α-hetero) is 1. The largest absolute Gasteiger partial charge is 0.497 e. The summed E-state index contributed by atoms with van der Waals surface area (Å²) in [6.07, 6.45) is 0.386. The number of rotatable bonds is 6. The topological polar surface area (TPSA) is 60.2 Å². The van der Waals surface area contributed by atoms with E-state index >= 15 is 0 Å². The lowest BCUT2D eigenvalue weighted by Gasteiger charge is -2.23. The molecule has 1 unspecified atom stereocenters. The van der Waals surface area contributed by atoms with E-state index in [1.54, 1.807) is 25.3 Å². The van der Waals surface area contributed by atoms with Crippen molar-refractivity contribution in [3.05, 3.63) is 93.5 Å². The van der Waals surface area contributed by atoms with Crippen LogP contribution in [0.3, 0.4) is 0 Å². The summed E-state index contributed by atoms with van der Waals surface area (Å²) in [5.41, 5.74) is 3.41. The lowest BCUT2D eigenvalue weighted by atomic mass is 9.83. The molecule has 0 saturated carbocycles. The lowest BCUT2D eigenvalue weighted by Crippen LogP contribution is -2.26. The fourth-order valence-electron chi connectivity index (χ4n) is 3.64. The minimum Gasteiger partial charge on any atom is -0.497 e. The van der Waals surface area contributed by atoms with Crippen LogP contribution in [0.5, 0.6) is 11.5 Å². The van der Waals surface area contributed by atoms with Gasteiger partial charge in [0, 0.05) is 28.5 Å². The van der Waals surface area contributed by atoms with Crippen molar-refractivity contribution in [2.45, 2.75) is 12.3 Å². The molecule has 3 aromatic carbocycles. The van der Waals surface area contributed by atoms with Gasteiger partial charge in [0.15, 0.2) is 0 Å². The summed E-state index contributed by atoms with van der Waals surface area (Å²) in [6, 6.07) is 20.0. The van der Waals surface area contributed by atoms with Crippen LogP contribution in [0.25, 0.3) is 0 Å². The zero-order chi connectivity index (χ0) is 22.7. The van der Waals surface area contributed by atoms with E-state index in [1.807, 2.05) is 48.5 Å². The molecule has 1 atom stereocenters. The van der Waals surface area contributed by atoms with Crippen LogP contribution in [0.4, 0.5) is 0 Å². The maximum atomic E-state index is 13.3. The molecule has 4 rings (SSSR count). The van der Waals surface area contributed by atoms with E-state index in [0.717, 1.165) is 16.8 Å². The van der Waals surface area contributed by atoms with E-state index in [-0.39, 0.29) is 11.7 Å². The van der Waals surface area contributed by atoms with Crippen LogP contribution >= 0.6 is 23.2 Å². The van der Waals surface area contributed by atoms with Crippen LogP contribution in [-0.2, 0) is 0 Å². The molecule has 0 amide bonds. The van der Waals surface area contributed by atoms with Crippen molar-refractivity contribution >= 4 is 40.4 Å². The summed E-state index contributed by atoms with van der Waals surface area (Å²) in [4.78, 5) is 13.3. The van der Waals surface area contributed by atoms with E-state index in [4.69, 9.17) is 32.7 Å². The Bertz CT molecular complexity index is 1200. The molecule has 1 heterocycles. The average Bonchev–Trinajstić information content (AvgIpc) is 2.84. The molecule has 0 saturated heterocycles. The van der Waals surface area contributed by atoms with Gasteiger partial charge in [-0.25, -0.2) is 0 Å². The molecule has 32 heavy (non-hydrogen) atoms. The monoisotopic (exact) mass is 466 g/mol. The predicted octanol–water partition coefficient (Wildman–Crippen LogP) is 6.23. The Balaban J connectivity index is 1.75. The van der Waals surface area contributed by atoms with Gasteiger partial charge in [-0.1, -0.05) is 47.5 Å². The van der Waals surface area contributed by atoms with Crippen LogP contribution in [0.2, 0.25) is 10.0 Å². The van der Waals surface area contributed by atoms with Crippen molar-refractivity contribution in [2.75, 3.05) is 14.2 Å². The van der Waals surface area contributed by atoms with E-state index < -0.39 is 0 Å². The van der Waals surface area contributed by atoms with Gasteiger partial charge in [0.25, 0.3) is 0 Å². The number of halogens is 2. The van der Waals surface area contributed by atoms with Crippen molar-refractivity contribution in [1.29, 1.82) is 0 Å². The third kappa shape index (κ3) is 4.54. The molecule has 7 heteroatoms. The lowest BCUT2D eigenvalue weighted by molar-refractivity contribution is 0.106. The average molecular weight is 467 g/mol. The van der Waals surface area contributed by atoms with Crippen molar-refractivity contribution in [3.8, 4) is 11.5 Å². The summed E-state index contributed by atoms with van der Waals surface area (Å²) < 4.78 is 10.6. The summed E-state index contributed by atoms with van der Waals surface area (Å²) in [5, 5.41) is 10.1. The second-order valence-corrected chi connectivity index (χ2v) is 8.12. The Hall–Kier alpha value is -3.15. The summed E-state index contributed by atoms with van der Waals surface area (Å²) >= 11 is 12.1. The number of ketones is 1. The number of ether oxygens (including phenoxy) is 2. The summed E-state index contributed by atoms with van der Waals surface area (Å²) in [5.74, 6) is 0.621. The minimum atomic E-state index is -0.234. The second-order valence-electron chi connectivity index (χ2n) is 7.24. The van der Waals surface area contributed by atoms with Gasteiger partial charge in [0.1, 0.15) is 17.2 Å². The fraction of sp³-hybridized carbons (Fsp3) is 0.160. The SMILES string of the molecule is COc1ccc(C(=O)C2=NN=C(c3ccc(Cl)cc3)C(c3ccc(Cl)cc3)C2)c(OC)c1. The number of methoxy groups -OCH3 is 2. The van der Waals surface area contributed by atoms with Crippen LogP contribution in [0.15, 0.2) is 76.9 Å². The van der Waals surface area contributed by atoms with Gasteiger partial charge >= 0.3 is 0 Å². The first-order valence-electron chi connectivity index (χ1n) is 9.92. The minimum absolute atomic E-state index is 0.172. The van der Waals surface area contributed by atoms with Gasteiger partial charge < -0.3 is 9.47 Å². The third-order valence-corrected chi connectivity index (χ3v) is 5.84. The van der Waals surface area contributed by atoms with E-state index in [9.17, 15) is 4.79 Å². The number of benzene rings is 3. The smallest absolute Gasteiger partial charge is 0.212 e. The third-order valence-electron chi connectivity index (χ3n) is 5.33. The maximum absolute atomic E-state index is 13.3. The Labute approximate surface area is 196 Å². The fourth-order valence-corrected chi connectivity index (χ4v) is 3.90. The normalized spacial score (nSPS) is 15.6. The highest BCUT2D eigenvalue weighted by molar-refractivity contribution is 6.47. The van der Waals surface area contributed by atoms with Crippen molar-refractivity contribution in [1.82, 2.24) is 0 Å². The van der Waals surface area contributed by atoms with E-state index in [1.165, 1.54) is 7.11 Å². The Morgan fingerprint density at radius 1 is 0.875 bits per heavy atom. The molecule has 0 fully saturated rings. The first-order chi connectivity index (χ1) is 15.5. The standard InChI is InChI=1S/C25H20Cl2N2O3/c1-31-19-11-12-20(23(13-19)32-2)25(30)22-14-21(15-3-7-17(26)8-4-15)24(29-28-22)16-5-9-18(27)10-6-16/h3-13,21H,14H2,1-2H3. The highest BCUT2D eigenvalue weighted by Crippen LogP contribution is 2.32. The van der Waals surface area contributed by atoms with Gasteiger partial charge in [0.05, 0.1) is 25.5 Å². The Morgan fingerprint density at radius 3 is 2.16 bits per heavy atom. The number of nitrogens with zero attached hydrogens (tertiary/aromatic N) is 2. The first kappa shape index (κ1) is 22.1. The summed E-state index contributed by atoms with van der Waals surface area (Å²) in [6.45, 7) is 0. The van der Waals surface area contributed by atoms with Gasteiger partial charge in [-0.05, 0) is 47.5 Å². The second kappa shape index (κ2) is 9.55. The molecule has 5 nitrogen and oxygen atoms in total. The molecule has 1 aliphatic rings. The molecule has 162 valence electrons. The highest BCUT2D eigenvalue weighted by atomic mass is 35.5. The number of hydrogen-bond donors (Lipinski definition) is 0. The van der Waals surface area contributed by atoms with Gasteiger partial charge in [-0.15, -0.1) is 0 Å². The number of carbonyl (C=O) groups is 1. The highest BCUT2D eigenvalue weighted by Gasteiger charge is 2.30. The molecule has 3 aromatic rings. The van der Waals surface area contributed by atoms with Crippen LogP contribution < -0.4 is 9.47 Å². The zero-order valence-corrected chi connectivity index (χ0v) is 19.0. The molecule has 0 N–H and O–H groups in total. The predicted molar refractivity (Wildman–Crippen MR) is 128 cm³/mol. The number of carbonyl (C=O) groups excluding carboxylic acids is 1. The van der Waals surface area contributed by atoms with Gasteiger partial charge in [-0.2, -0.15) is 10.2 Å². The molecule has 0 aromatic heterocycles. The Morgan fingerprint density at radius 2 is 1.53 bits per heavy atom. The van der Waals surface area contributed by atoms with Crippen molar-refractivity contribution in [2.24, 2.45) is 10.2 Å². The van der Waals surface area contributed by atoms with Crippen LogP contribution in [-0.4, -0.2) is 31.4 Å². The van der Waals surface area contributed by atoms with Crippen LogP contribution in [0.1, 0.15) is 33.8 Å². The molecule has 0 spiro atoms. The molecule has 0 bridgehead atoms. The van der Waals surface area contributed by atoms with Crippen molar-refractivity contribution < 1.29 is 14.3 Å². The Kier molecular flexibility index (Phi) is 6.58. The zero-order valence-electron chi connectivity index (χ0n) is 17.5. The summed E-state index contributed by atoms with van der Waals surface area (Å²) in [7, 11) is 3.08. The maximum Gasteiger partial charge on any atom is 0.212 e. The van der Waals surface area contributed by atoms with Crippen LogP contribution in [0, 0.1) is 0 Å². The molecule has 0 radical (unpaired) electrons. The molecular weight excluding hydrogens is 447 g/mol. The molecule has 1 aliphatic heterocycles. The number of hydrogen-bond acceptors (Lipinski definition) is 5. The first-order valence-corrected chi connectivity index (χ1v) is 10.7. The van der Waals surface area contributed by atoms with Gasteiger partial charge in [-0.3, -0.25) is 4.79 Å². The molecule has 0 aliphatic carbocycles. The van der Waals surface area contributed by atoms with Crippen molar-refractivity contribution in [3.63, 3.8) is 0 Å². The van der Waals surface area contributed by atoms with E-state index in [0.29, 0.717) is 39.2 Å².